The van der Waals surface area contributed by atoms with E-state index < -0.39 is 5.41 Å². The van der Waals surface area contributed by atoms with Gasteiger partial charge in [-0.25, -0.2) is 0 Å². The summed E-state index contributed by atoms with van der Waals surface area (Å²) in [5, 5.41) is 14.7. The summed E-state index contributed by atoms with van der Waals surface area (Å²) in [7, 11) is 0. The number of amides is 1. The van der Waals surface area contributed by atoms with Crippen LogP contribution in [0.5, 0.6) is 0 Å². The Morgan fingerprint density at radius 1 is 1.50 bits per heavy atom. The Morgan fingerprint density at radius 3 is 2.83 bits per heavy atom. The minimum atomic E-state index is -0.408. The minimum Gasteiger partial charge on any atom is -0.355 e. The Labute approximate surface area is 70.9 Å². The van der Waals surface area contributed by atoms with Crippen molar-refractivity contribution in [1.82, 2.24) is 10.6 Å². The summed E-state index contributed by atoms with van der Waals surface area (Å²) >= 11 is 0. The van der Waals surface area contributed by atoms with Crippen LogP contribution in [0.4, 0.5) is 0 Å². The van der Waals surface area contributed by atoms with E-state index in [2.05, 4.69) is 16.7 Å². The Balaban J connectivity index is 2.30. The molecule has 64 valence electrons. The fraction of sp³-hybridized carbons (Fsp3) is 0.750. The van der Waals surface area contributed by atoms with Crippen molar-refractivity contribution in [1.29, 1.82) is 5.26 Å². The average Bonchev–Trinajstić information content (AvgIpc) is 2.62. The zero-order chi connectivity index (χ0) is 8.60. The van der Waals surface area contributed by atoms with Crippen LogP contribution in [0.1, 0.15) is 12.8 Å². The van der Waals surface area contributed by atoms with E-state index in [1.165, 1.54) is 0 Å². The molecule has 0 radical (unpaired) electrons. The van der Waals surface area contributed by atoms with Crippen LogP contribution in [0.15, 0.2) is 0 Å². The van der Waals surface area contributed by atoms with E-state index in [-0.39, 0.29) is 11.9 Å². The van der Waals surface area contributed by atoms with Gasteiger partial charge in [-0.1, -0.05) is 0 Å². The van der Waals surface area contributed by atoms with Gasteiger partial charge in [0.2, 0.25) is 5.91 Å². The van der Waals surface area contributed by atoms with Crippen LogP contribution >= 0.6 is 0 Å². The first-order valence-electron chi connectivity index (χ1n) is 4.21. The highest BCUT2D eigenvalue weighted by atomic mass is 16.2. The highest BCUT2D eigenvalue weighted by Crippen LogP contribution is 2.37. The molecule has 0 aliphatic carbocycles. The van der Waals surface area contributed by atoms with Gasteiger partial charge in [-0.3, -0.25) is 4.79 Å². The molecule has 2 fully saturated rings. The number of carbonyl (C=O) groups excluding carboxylic acids is 1. The van der Waals surface area contributed by atoms with E-state index in [1.54, 1.807) is 0 Å². The van der Waals surface area contributed by atoms with Gasteiger partial charge in [-0.2, -0.15) is 5.26 Å². The predicted octanol–water partition coefficient (Wildman–Crippen LogP) is -0.622. The summed E-state index contributed by atoms with van der Waals surface area (Å²) in [5.41, 5.74) is -0.408. The standard InChI is InChI=1S/C8H11N3O/c9-5-6-8(1-3-10-6)2-4-11-7(8)12/h6,10H,1-4H2,(H,11,12). The molecule has 2 N–H and O–H groups in total. The second-order valence-electron chi connectivity index (χ2n) is 3.43. The van der Waals surface area contributed by atoms with Gasteiger partial charge in [-0.15, -0.1) is 0 Å². The van der Waals surface area contributed by atoms with Gasteiger partial charge in [0.05, 0.1) is 11.5 Å². The molecule has 12 heavy (non-hydrogen) atoms. The lowest BCUT2D eigenvalue weighted by atomic mass is 9.79. The number of nitriles is 1. The van der Waals surface area contributed by atoms with E-state index in [0.717, 1.165) is 25.9 Å². The molecule has 0 saturated carbocycles. The topological polar surface area (TPSA) is 64.9 Å². The number of hydrogen-bond acceptors (Lipinski definition) is 3. The maximum atomic E-state index is 11.5. The third-order valence-electron chi connectivity index (χ3n) is 2.91. The summed E-state index contributed by atoms with van der Waals surface area (Å²) in [6.07, 6.45) is 1.61. The highest BCUT2D eigenvalue weighted by molar-refractivity contribution is 5.86. The van der Waals surface area contributed by atoms with Gasteiger partial charge in [0.25, 0.3) is 0 Å². The van der Waals surface area contributed by atoms with Gasteiger partial charge in [-0.05, 0) is 19.4 Å². The molecule has 2 rings (SSSR count). The van der Waals surface area contributed by atoms with E-state index >= 15 is 0 Å². The van der Waals surface area contributed by atoms with Crippen molar-refractivity contribution in [3.8, 4) is 6.07 Å². The Kier molecular flexibility index (Phi) is 1.55. The fourth-order valence-corrected chi connectivity index (χ4v) is 2.15. The lowest BCUT2D eigenvalue weighted by Gasteiger charge is -2.21. The molecular formula is C8H11N3O. The van der Waals surface area contributed by atoms with Crippen LogP contribution < -0.4 is 10.6 Å². The van der Waals surface area contributed by atoms with Crippen molar-refractivity contribution in [3.05, 3.63) is 0 Å². The molecule has 4 heteroatoms. The Bertz CT molecular complexity index is 254. The van der Waals surface area contributed by atoms with Gasteiger partial charge >= 0.3 is 0 Å². The lowest BCUT2D eigenvalue weighted by molar-refractivity contribution is -0.127. The van der Waals surface area contributed by atoms with Crippen LogP contribution in [0.2, 0.25) is 0 Å². The van der Waals surface area contributed by atoms with Crippen LogP contribution in [0.25, 0.3) is 0 Å². The molecule has 2 unspecified atom stereocenters. The first-order valence-corrected chi connectivity index (χ1v) is 4.21. The molecule has 2 saturated heterocycles. The molecule has 2 atom stereocenters. The number of rotatable bonds is 0. The van der Waals surface area contributed by atoms with Crippen LogP contribution in [0, 0.1) is 16.7 Å². The lowest BCUT2D eigenvalue weighted by Crippen LogP contribution is -2.41. The van der Waals surface area contributed by atoms with E-state index in [4.69, 9.17) is 5.26 Å². The smallest absolute Gasteiger partial charge is 0.229 e. The third-order valence-corrected chi connectivity index (χ3v) is 2.91. The maximum absolute atomic E-state index is 11.5. The monoisotopic (exact) mass is 165 g/mol. The van der Waals surface area contributed by atoms with Crippen LogP contribution in [-0.2, 0) is 4.79 Å². The zero-order valence-electron chi connectivity index (χ0n) is 6.76. The first-order chi connectivity index (χ1) is 5.79. The molecule has 1 spiro atoms. The summed E-state index contributed by atoms with van der Waals surface area (Å²) in [6, 6.07) is 1.88. The van der Waals surface area contributed by atoms with E-state index in [9.17, 15) is 4.79 Å². The molecule has 2 aliphatic rings. The van der Waals surface area contributed by atoms with Gasteiger partial charge < -0.3 is 10.6 Å². The fourth-order valence-electron chi connectivity index (χ4n) is 2.15. The number of carbonyl (C=O) groups is 1. The first kappa shape index (κ1) is 7.56. The van der Waals surface area contributed by atoms with Crippen molar-refractivity contribution < 1.29 is 4.79 Å². The highest BCUT2D eigenvalue weighted by Gasteiger charge is 2.51. The average molecular weight is 165 g/mol. The predicted molar refractivity (Wildman–Crippen MR) is 42.1 cm³/mol. The van der Waals surface area contributed by atoms with Gasteiger partial charge in [0, 0.05) is 6.54 Å². The minimum absolute atomic E-state index is 0.0547. The molecule has 0 bridgehead atoms. The molecular weight excluding hydrogens is 154 g/mol. The second-order valence-corrected chi connectivity index (χ2v) is 3.43. The molecule has 4 nitrogen and oxygen atoms in total. The van der Waals surface area contributed by atoms with Crippen molar-refractivity contribution in [3.63, 3.8) is 0 Å². The molecule has 0 aromatic rings. The number of nitrogens with one attached hydrogen (secondary N) is 2. The van der Waals surface area contributed by atoms with Crippen molar-refractivity contribution >= 4 is 5.91 Å². The Morgan fingerprint density at radius 2 is 2.25 bits per heavy atom. The van der Waals surface area contributed by atoms with E-state index in [0.29, 0.717) is 0 Å². The summed E-state index contributed by atoms with van der Waals surface area (Å²) in [5.74, 6) is 0.0547. The van der Waals surface area contributed by atoms with Crippen molar-refractivity contribution in [2.45, 2.75) is 18.9 Å². The second kappa shape index (κ2) is 2.46. The third kappa shape index (κ3) is 0.772. The Hall–Kier alpha value is -1.08. The zero-order valence-corrected chi connectivity index (χ0v) is 6.76. The molecule has 2 heterocycles. The quantitative estimate of drug-likeness (QED) is 0.502. The molecule has 1 amide bonds. The largest absolute Gasteiger partial charge is 0.355 e. The van der Waals surface area contributed by atoms with Gasteiger partial charge in [0.15, 0.2) is 0 Å². The van der Waals surface area contributed by atoms with Crippen molar-refractivity contribution in [2.75, 3.05) is 13.1 Å². The SMILES string of the molecule is N#CC1NCCC12CCNC2=O. The number of hydrogen-bond donors (Lipinski definition) is 2. The van der Waals surface area contributed by atoms with Gasteiger partial charge in [0.1, 0.15) is 6.04 Å². The summed E-state index contributed by atoms with van der Waals surface area (Å²) in [4.78, 5) is 11.5. The maximum Gasteiger partial charge on any atom is 0.229 e. The van der Waals surface area contributed by atoms with Crippen LogP contribution in [-0.4, -0.2) is 25.0 Å². The molecule has 2 aliphatic heterocycles. The van der Waals surface area contributed by atoms with Crippen LogP contribution in [0.3, 0.4) is 0 Å². The summed E-state index contributed by atoms with van der Waals surface area (Å²) in [6.45, 7) is 1.50. The number of nitrogens with zero attached hydrogens (tertiary/aromatic N) is 1. The molecule has 0 aromatic heterocycles. The molecule has 0 aromatic carbocycles. The van der Waals surface area contributed by atoms with E-state index in [1.807, 2.05) is 0 Å². The normalized spacial score (nSPS) is 39.9. The van der Waals surface area contributed by atoms with Crippen molar-refractivity contribution in [2.24, 2.45) is 5.41 Å². The summed E-state index contributed by atoms with van der Waals surface area (Å²) < 4.78 is 0.